The van der Waals surface area contributed by atoms with E-state index in [4.69, 9.17) is 4.74 Å². The molecule has 0 aliphatic heterocycles. The minimum absolute atomic E-state index is 0.616. The van der Waals surface area contributed by atoms with Gasteiger partial charge < -0.3 is 15.0 Å². The Bertz CT molecular complexity index is 109. The molecule has 0 fully saturated rings. The summed E-state index contributed by atoms with van der Waals surface area (Å²) in [6, 6.07) is 0.616. The molecule has 0 rings (SSSR count). The Morgan fingerprint density at radius 3 is 2.62 bits per heavy atom. The fourth-order valence-corrected chi connectivity index (χ4v) is 1.15. The van der Waals surface area contributed by atoms with Crippen LogP contribution in [-0.4, -0.2) is 51.8 Å². The van der Waals surface area contributed by atoms with Crippen molar-refractivity contribution in [1.82, 2.24) is 10.2 Å². The Morgan fingerprint density at radius 2 is 2.08 bits per heavy atom. The molecule has 1 unspecified atom stereocenters. The van der Waals surface area contributed by atoms with Gasteiger partial charge in [-0.15, -0.1) is 0 Å². The van der Waals surface area contributed by atoms with Crippen molar-refractivity contribution in [1.29, 1.82) is 0 Å². The first-order valence-corrected chi connectivity index (χ1v) is 5.05. The van der Waals surface area contributed by atoms with Gasteiger partial charge in [0.15, 0.2) is 0 Å². The van der Waals surface area contributed by atoms with Gasteiger partial charge in [0, 0.05) is 26.3 Å². The maximum Gasteiger partial charge on any atom is 0.0474 e. The van der Waals surface area contributed by atoms with Gasteiger partial charge in [0.25, 0.3) is 0 Å². The van der Waals surface area contributed by atoms with Gasteiger partial charge in [-0.05, 0) is 40.4 Å². The number of hydrogen-bond acceptors (Lipinski definition) is 3. The van der Waals surface area contributed by atoms with Crippen LogP contribution < -0.4 is 5.32 Å². The highest BCUT2D eigenvalue weighted by Crippen LogP contribution is 1.94. The van der Waals surface area contributed by atoms with E-state index in [0.29, 0.717) is 6.04 Å². The van der Waals surface area contributed by atoms with Crippen molar-refractivity contribution >= 4 is 0 Å². The number of ether oxygens (including phenoxy) is 1. The summed E-state index contributed by atoms with van der Waals surface area (Å²) in [5.74, 6) is 0. The number of nitrogens with one attached hydrogen (secondary N) is 1. The van der Waals surface area contributed by atoms with Crippen molar-refractivity contribution < 1.29 is 4.74 Å². The van der Waals surface area contributed by atoms with Crippen molar-refractivity contribution in [2.75, 3.05) is 40.9 Å². The van der Waals surface area contributed by atoms with Crippen LogP contribution in [0.25, 0.3) is 0 Å². The summed E-state index contributed by atoms with van der Waals surface area (Å²) in [5, 5.41) is 3.24. The molecule has 0 spiro atoms. The van der Waals surface area contributed by atoms with Crippen LogP contribution in [0.3, 0.4) is 0 Å². The summed E-state index contributed by atoms with van der Waals surface area (Å²) in [6.45, 7) is 5.37. The fraction of sp³-hybridized carbons (Fsp3) is 1.00. The molecule has 0 radical (unpaired) electrons. The zero-order valence-corrected chi connectivity index (χ0v) is 9.47. The smallest absolute Gasteiger partial charge is 0.0474 e. The molecule has 0 bridgehead atoms. The van der Waals surface area contributed by atoms with Crippen molar-refractivity contribution in [2.24, 2.45) is 0 Å². The summed E-state index contributed by atoms with van der Waals surface area (Å²) in [5.41, 5.74) is 0. The Kier molecular flexibility index (Phi) is 8.40. The molecule has 0 aromatic rings. The molecule has 0 aromatic heterocycles. The molecule has 3 heteroatoms. The fourth-order valence-electron chi connectivity index (χ4n) is 1.15. The zero-order valence-electron chi connectivity index (χ0n) is 9.47. The normalized spacial score (nSPS) is 13.6. The highest BCUT2D eigenvalue weighted by Gasteiger charge is 2.01. The van der Waals surface area contributed by atoms with Crippen molar-refractivity contribution in [2.45, 2.75) is 25.8 Å². The Labute approximate surface area is 82.4 Å². The molecule has 0 saturated carbocycles. The third-order valence-electron chi connectivity index (χ3n) is 2.32. The second-order valence-electron chi connectivity index (χ2n) is 3.63. The van der Waals surface area contributed by atoms with Crippen molar-refractivity contribution in [3.8, 4) is 0 Å². The summed E-state index contributed by atoms with van der Waals surface area (Å²) >= 11 is 0. The lowest BCUT2D eigenvalue weighted by Gasteiger charge is -2.18. The summed E-state index contributed by atoms with van der Waals surface area (Å²) in [4.78, 5) is 2.35. The molecule has 0 saturated heterocycles. The quantitative estimate of drug-likeness (QED) is 0.574. The van der Waals surface area contributed by atoms with E-state index in [1.165, 1.54) is 6.42 Å². The van der Waals surface area contributed by atoms with E-state index >= 15 is 0 Å². The summed E-state index contributed by atoms with van der Waals surface area (Å²) in [7, 11) is 5.93. The van der Waals surface area contributed by atoms with Crippen LogP contribution in [-0.2, 0) is 4.74 Å². The average molecular weight is 188 g/mol. The summed E-state index contributed by atoms with van der Waals surface area (Å²) < 4.78 is 5.00. The number of nitrogens with zero attached hydrogens (tertiary/aromatic N) is 1. The zero-order chi connectivity index (χ0) is 10.1. The number of hydrogen-bond donors (Lipinski definition) is 1. The highest BCUT2D eigenvalue weighted by atomic mass is 16.5. The lowest BCUT2D eigenvalue weighted by molar-refractivity contribution is 0.178. The van der Waals surface area contributed by atoms with E-state index in [1.807, 2.05) is 7.05 Å². The maximum atomic E-state index is 5.00. The van der Waals surface area contributed by atoms with Gasteiger partial charge in [-0.25, -0.2) is 0 Å². The van der Waals surface area contributed by atoms with Crippen LogP contribution >= 0.6 is 0 Å². The number of methoxy groups -OCH3 is 1. The third-order valence-corrected chi connectivity index (χ3v) is 2.32. The third kappa shape index (κ3) is 8.22. The van der Waals surface area contributed by atoms with Gasteiger partial charge in [0.1, 0.15) is 0 Å². The Balaban J connectivity index is 3.24. The first-order valence-electron chi connectivity index (χ1n) is 5.05. The molecule has 0 aliphatic carbocycles. The molecule has 1 atom stereocenters. The van der Waals surface area contributed by atoms with Crippen LogP contribution in [0.1, 0.15) is 19.8 Å². The Morgan fingerprint density at radius 1 is 1.38 bits per heavy atom. The topological polar surface area (TPSA) is 24.5 Å². The van der Waals surface area contributed by atoms with Gasteiger partial charge in [-0.1, -0.05) is 0 Å². The van der Waals surface area contributed by atoms with E-state index in [9.17, 15) is 0 Å². The van der Waals surface area contributed by atoms with Gasteiger partial charge in [0.05, 0.1) is 0 Å². The minimum atomic E-state index is 0.616. The van der Waals surface area contributed by atoms with Crippen LogP contribution in [0.5, 0.6) is 0 Å². The first kappa shape index (κ1) is 12.9. The Hall–Kier alpha value is -0.120. The van der Waals surface area contributed by atoms with E-state index in [0.717, 1.165) is 26.1 Å². The van der Waals surface area contributed by atoms with Crippen LogP contribution in [0.15, 0.2) is 0 Å². The monoisotopic (exact) mass is 188 g/mol. The largest absolute Gasteiger partial charge is 0.385 e. The predicted octanol–water partition coefficient (Wildman–Crippen LogP) is 0.953. The minimum Gasteiger partial charge on any atom is -0.385 e. The molecular formula is C10H24N2O. The molecule has 0 aliphatic rings. The van der Waals surface area contributed by atoms with E-state index < -0.39 is 0 Å². The summed E-state index contributed by atoms with van der Waals surface area (Å²) in [6.07, 6.45) is 2.33. The van der Waals surface area contributed by atoms with Gasteiger partial charge in [-0.3, -0.25) is 0 Å². The van der Waals surface area contributed by atoms with Gasteiger partial charge in [-0.2, -0.15) is 0 Å². The average Bonchev–Trinajstić information content (AvgIpc) is 2.14. The van der Waals surface area contributed by atoms with Gasteiger partial charge in [0.2, 0.25) is 0 Å². The molecular weight excluding hydrogens is 164 g/mol. The van der Waals surface area contributed by atoms with Crippen LogP contribution in [0, 0.1) is 0 Å². The van der Waals surface area contributed by atoms with Crippen LogP contribution in [0.2, 0.25) is 0 Å². The van der Waals surface area contributed by atoms with E-state index in [2.05, 4.69) is 24.2 Å². The standard InChI is InChI=1S/C10H24N2O/c1-10(11-2)6-8-12(3)7-5-9-13-4/h10-11H,5-9H2,1-4H3. The second-order valence-corrected chi connectivity index (χ2v) is 3.63. The van der Waals surface area contributed by atoms with Gasteiger partial charge >= 0.3 is 0 Å². The molecule has 80 valence electrons. The lowest BCUT2D eigenvalue weighted by atomic mass is 10.2. The maximum absolute atomic E-state index is 5.00. The SMILES string of the molecule is CNC(C)CCN(C)CCCOC. The van der Waals surface area contributed by atoms with E-state index in [1.54, 1.807) is 7.11 Å². The van der Waals surface area contributed by atoms with Crippen molar-refractivity contribution in [3.63, 3.8) is 0 Å². The van der Waals surface area contributed by atoms with Crippen LogP contribution in [0.4, 0.5) is 0 Å². The molecule has 1 N–H and O–H groups in total. The predicted molar refractivity (Wildman–Crippen MR) is 57.1 cm³/mol. The first-order chi connectivity index (χ1) is 6.20. The van der Waals surface area contributed by atoms with Crippen molar-refractivity contribution in [3.05, 3.63) is 0 Å². The number of rotatable bonds is 8. The molecule has 0 heterocycles. The van der Waals surface area contributed by atoms with E-state index in [-0.39, 0.29) is 0 Å². The lowest BCUT2D eigenvalue weighted by Crippen LogP contribution is -2.29. The molecule has 3 nitrogen and oxygen atoms in total. The highest BCUT2D eigenvalue weighted by molar-refractivity contribution is 4.60. The molecule has 0 amide bonds. The molecule has 13 heavy (non-hydrogen) atoms. The second kappa shape index (κ2) is 8.48. The molecule has 0 aromatic carbocycles.